The van der Waals surface area contributed by atoms with Gasteiger partial charge in [0.1, 0.15) is 6.04 Å². The van der Waals surface area contributed by atoms with Gasteiger partial charge in [0, 0.05) is 12.0 Å². The Hall–Kier alpha value is -1.28. The minimum Gasteiger partial charge on any atom is -0.480 e. The highest BCUT2D eigenvalue weighted by Gasteiger charge is 2.52. The van der Waals surface area contributed by atoms with Gasteiger partial charge in [0.25, 0.3) is 0 Å². The summed E-state index contributed by atoms with van der Waals surface area (Å²) in [5.74, 6) is -1.08. The second-order valence-corrected chi connectivity index (χ2v) is 8.20. The molecular weight excluding hydrogens is 313 g/mol. The summed E-state index contributed by atoms with van der Waals surface area (Å²) in [5, 5.41) is 18.7. The second kappa shape index (κ2) is 6.22. The van der Waals surface area contributed by atoms with Crippen LogP contribution in [-0.4, -0.2) is 58.1 Å². The smallest absolute Gasteiger partial charge is 0.457 e. The third-order valence-electron chi connectivity index (χ3n) is 5.87. The number of likely N-dealkylation sites (tertiary alicyclic amines) is 1. The SMILES string of the molecule is CC1(C)OB(CCC[C@]2(C)CCN(C(=O)O)[C@@H]2C(=O)O)OC1(C)C. The second-order valence-electron chi connectivity index (χ2n) is 8.20. The molecule has 8 heteroatoms. The van der Waals surface area contributed by atoms with Gasteiger partial charge in [-0.2, -0.15) is 0 Å². The van der Waals surface area contributed by atoms with Gasteiger partial charge in [-0.05, 0) is 46.9 Å². The number of amides is 1. The maximum absolute atomic E-state index is 11.6. The lowest BCUT2D eigenvalue weighted by atomic mass is 9.73. The molecule has 0 aromatic heterocycles. The van der Waals surface area contributed by atoms with Crippen LogP contribution in [0.25, 0.3) is 0 Å². The molecule has 2 saturated heterocycles. The van der Waals surface area contributed by atoms with E-state index >= 15 is 0 Å². The van der Waals surface area contributed by atoms with Gasteiger partial charge < -0.3 is 19.5 Å². The molecule has 2 fully saturated rings. The van der Waals surface area contributed by atoms with Gasteiger partial charge in [-0.25, -0.2) is 9.59 Å². The summed E-state index contributed by atoms with van der Waals surface area (Å²) in [4.78, 5) is 23.9. The fraction of sp³-hybridized carbons (Fsp3) is 0.875. The first-order chi connectivity index (χ1) is 10.9. The molecule has 0 bridgehead atoms. The van der Waals surface area contributed by atoms with E-state index in [-0.39, 0.29) is 24.9 Å². The van der Waals surface area contributed by atoms with Crippen LogP contribution in [0.2, 0.25) is 6.32 Å². The number of hydrogen-bond acceptors (Lipinski definition) is 4. The maximum atomic E-state index is 11.6. The summed E-state index contributed by atoms with van der Waals surface area (Å²) in [6.45, 7) is 10.1. The van der Waals surface area contributed by atoms with Gasteiger partial charge in [-0.15, -0.1) is 0 Å². The van der Waals surface area contributed by atoms with Crippen LogP contribution < -0.4 is 0 Å². The molecule has 2 N–H and O–H groups in total. The van der Waals surface area contributed by atoms with Crippen LogP contribution in [0.3, 0.4) is 0 Å². The number of rotatable bonds is 5. The third kappa shape index (κ3) is 3.40. The lowest BCUT2D eigenvalue weighted by Crippen LogP contribution is -2.46. The Kier molecular flexibility index (Phi) is 4.94. The normalized spacial score (nSPS) is 31.5. The van der Waals surface area contributed by atoms with Gasteiger partial charge in [0.05, 0.1) is 11.2 Å². The first-order valence-electron chi connectivity index (χ1n) is 8.48. The molecule has 0 aliphatic carbocycles. The average Bonchev–Trinajstić information content (AvgIpc) is 2.84. The molecule has 136 valence electrons. The fourth-order valence-corrected chi connectivity index (χ4v) is 3.67. The lowest BCUT2D eigenvalue weighted by molar-refractivity contribution is -0.145. The number of aliphatic carboxylic acids is 1. The summed E-state index contributed by atoms with van der Waals surface area (Å²) in [5.41, 5.74) is -1.31. The van der Waals surface area contributed by atoms with Crippen molar-refractivity contribution in [3.8, 4) is 0 Å². The van der Waals surface area contributed by atoms with E-state index in [9.17, 15) is 19.8 Å². The predicted octanol–water partition coefficient (Wildman–Crippen LogP) is 2.70. The van der Waals surface area contributed by atoms with Crippen molar-refractivity contribution < 1.29 is 29.1 Å². The molecule has 2 aliphatic rings. The monoisotopic (exact) mass is 341 g/mol. The van der Waals surface area contributed by atoms with E-state index in [0.717, 1.165) is 11.3 Å². The molecule has 0 aromatic rings. The Morgan fingerprint density at radius 1 is 1.12 bits per heavy atom. The average molecular weight is 341 g/mol. The molecule has 7 nitrogen and oxygen atoms in total. The zero-order valence-electron chi connectivity index (χ0n) is 15.2. The van der Waals surface area contributed by atoms with Crippen molar-refractivity contribution >= 4 is 19.2 Å². The fourth-order valence-electron chi connectivity index (χ4n) is 3.67. The number of nitrogens with zero attached hydrogens (tertiary/aromatic N) is 1. The van der Waals surface area contributed by atoms with Gasteiger partial charge in [0.2, 0.25) is 0 Å². The molecule has 2 heterocycles. The molecule has 24 heavy (non-hydrogen) atoms. The van der Waals surface area contributed by atoms with Crippen molar-refractivity contribution in [3.63, 3.8) is 0 Å². The van der Waals surface area contributed by atoms with Crippen molar-refractivity contribution in [1.82, 2.24) is 4.90 Å². The van der Waals surface area contributed by atoms with Crippen LogP contribution in [0.4, 0.5) is 4.79 Å². The Labute approximate surface area is 143 Å². The van der Waals surface area contributed by atoms with Crippen molar-refractivity contribution in [2.75, 3.05) is 6.54 Å². The van der Waals surface area contributed by atoms with Gasteiger partial charge in [0.15, 0.2) is 0 Å². The summed E-state index contributed by atoms with van der Waals surface area (Å²) in [7, 11) is -0.307. The van der Waals surface area contributed by atoms with E-state index in [2.05, 4.69) is 0 Å². The summed E-state index contributed by atoms with van der Waals surface area (Å²) >= 11 is 0. The van der Waals surface area contributed by atoms with Crippen molar-refractivity contribution in [2.45, 2.75) is 77.4 Å². The molecule has 0 radical (unpaired) electrons. The van der Waals surface area contributed by atoms with Gasteiger partial charge in [-0.3, -0.25) is 4.90 Å². The van der Waals surface area contributed by atoms with Crippen molar-refractivity contribution in [3.05, 3.63) is 0 Å². The van der Waals surface area contributed by atoms with Crippen LogP contribution in [0.1, 0.15) is 53.9 Å². The number of carboxylic acids is 1. The first-order valence-corrected chi connectivity index (χ1v) is 8.48. The zero-order valence-corrected chi connectivity index (χ0v) is 15.2. The highest BCUT2D eigenvalue weighted by atomic mass is 16.7. The molecule has 1 amide bonds. The lowest BCUT2D eigenvalue weighted by Gasteiger charge is -2.32. The maximum Gasteiger partial charge on any atom is 0.457 e. The van der Waals surface area contributed by atoms with Crippen LogP contribution in [0.5, 0.6) is 0 Å². The molecule has 0 spiro atoms. The summed E-state index contributed by atoms with van der Waals surface area (Å²) in [6.07, 6.45) is 1.40. The van der Waals surface area contributed by atoms with Crippen molar-refractivity contribution in [1.29, 1.82) is 0 Å². The minimum absolute atomic E-state index is 0.263. The number of hydrogen-bond donors (Lipinski definition) is 2. The number of carbonyl (C=O) groups is 2. The standard InChI is InChI=1S/C16H28BNO6/c1-14(2)15(3,4)24-17(23-14)9-6-7-16(5)8-10-18(13(21)22)11(16)12(19)20/h11H,6-10H2,1-5H3,(H,19,20)(H,21,22)/t11-,16-/m1/s1. The molecule has 2 rings (SSSR count). The van der Waals surface area contributed by atoms with Crippen LogP contribution in [0.15, 0.2) is 0 Å². The van der Waals surface area contributed by atoms with E-state index in [1.807, 2.05) is 34.6 Å². The summed E-state index contributed by atoms with van der Waals surface area (Å²) in [6, 6.07) is -0.992. The van der Waals surface area contributed by atoms with Crippen LogP contribution >= 0.6 is 0 Å². The molecular formula is C16H28BNO6. The van der Waals surface area contributed by atoms with Crippen LogP contribution in [-0.2, 0) is 14.1 Å². The largest absolute Gasteiger partial charge is 0.480 e. The van der Waals surface area contributed by atoms with E-state index < -0.39 is 23.5 Å². The van der Waals surface area contributed by atoms with E-state index in [0.29, 0.717) is 19.2 Å². The Morgan fingerprint density at radius 3 is 2.12 bits per heavy atom. The molecule has 0 unspecified atom stereocenters. The van der Waals surface area contributed by atoms with Gasteiger partial charge in [-0.1, -0.05) is 13.3 Å². The van der Waals surface area contributed by atoms with E-state index in [1.54, 1.807) is 0 Å². The first kappa shape index (κ1) is 19.1. The molecule has 0 saturated carbocycles. The Morgan fingerprint density at radius 2 is 1.67 bits per heavy atom. The molecule has 2 atom stereocenters. The quantitative estimate of drug-likeness (QED) is 0.747. The van der Waals surface area contributed by atoms with Gasteiger partial charge >= 0.3 is 19.2 Å². The number of carboxylic acid groups (broad SMARTS) is 2. The Balaban J connectivity index is 1.94. The predicted molar refractivity (Wildman–Crippen MR) is 89.0 cm³/mol. The molecule has 2 aliphatic heterocycles. The van der Waals surface area contributed by atoms with E-state index in [1.165, 1.54) is 0 Å². The Bertz CT molecular complexity index is 507. The molecule has 0 aromatic carbocycles. The van der Waals surface area contributed by atoms with Crippen molar-refractivity contribution in [2.24, 2.45) is 5.41 Å². The topological polar surface area (TPSA) is 96.3 Å². The zero-order chi connectivity index (χ0) is 18.3. The highest BCUT2D eigenvalue weighted by Crippen LogP contribution is 2.43. The summed E-state index contributed by atoms with van der Waals surface area (Å²) < 4.78 is 11.9. The van der Waals surface area contributed by atoms with E-state index in [4.69, 9.17) is 9.31 Å². The van der Waals surface area contributed by atoms with Crippen LogP contribution in [0, 0.1) is 5.41 Å². The minimum atomic E-state index is -1.17. The highest BCUT2D eigenvalue weighted by molar-refractivity contribution is 6.45. The third-order valence-corrected chi connectivity index (χ3v) is 5.87.